The van der Waals surface area contributed by atoms with Crippen molar-refractivity contribution in [1.29, 1.82) is 0 Å². The van der Waals surface area contributed by atoms with E-state index in [1.807, 2.05) is 33.2 Å². The third kappa shape index (κ3) is 1.77. The van der Waals surface area contributed by atoms with Crippen molar-refractivity contribution in [2.45, 2.75) is 25.4 Å². The Labute approximate surface area is 89.7 Å². The summed E-state index contributed by atoms with van der Waals surface area (Å²) >= 11 is 0. The molecule has 1 fully saturated rings. The molecular formula is C11H17N3O. The van der Waals surface area contributed by atoms with E-state index >= 15 is 0 Å². The fourth-order valence-electron chi connectivity index (χ4n) is 1.98. The van der Waals surface area contributed by atoms with Gasteiger partial charge in [-0.15, -0.1) is 0 Å². The largest absolute Gasteiger partial charge is 0.353 e. The molecule has 0 spiro atoms. The molecule has 1 aliphatic heterocycles. The number of hydrogen-bond acceptors (Lipinski definition) is 2. The zero-order chi connectivity index (χ0) is 11.1. The van der Waals surface area contributed by atoms with Crippen molar-refractivity contribution in [2.75, 3.05) is 6.54 Å². The van der Waals surface area contributed by atoms with Crippen molar-refractivity contribution in [1.82, 2.24) is 15.2 Å². The van der Waals surface area contributed by atoms with E-state index in [-0.39, 0.29) is 11.9 Å². The Balaban J connectivity index is 2.21. The van der Waals surface area contributed by atoms with Gasteiger partial charge in [0.05, 0.1) is 11.6 Å². The second-order valence-corrected chi connectivity index (χ2v) is 4.58. The lowest BCUT2D eigenvalue weighted by Gasteiger charge is -2.36. The molecule has 0 aromatic carbocycles. The number of nitrogens with one attached hydrogen (secondary N) is 2. The topological polar surface area (TPSA) is 46.1 Å². The van der Waals surface area contributed by atoms with Gasteiger partial charge in [0.1, 0.15) is 0 Å². The van der Waals surface area contributed by atoms with Crippen LogP contribution in [0.25, 0.3) is 0 Å². The number of aromatic nitrogens is 1. The molecule has 2 N–H and O–H groups in total. The highest BCUT2D eigenvalue weighted by Crippen LogP contribution is 2.20. The fourth-order valence-corrected chi connectivity index (χ4v) is 1.98. The van der Waals surface area contributed by atoms with Gasteiger partial charge in [0.15, 0.2) is 0 Å². The van der Waals surface area contributed by atoms with Crippen LogP contribution in [0.5, 0.6) is 0 Å². The van der Waals surface area contributed by atoms with Crippen LogP contribution in [0.1, 0.15) is 25.6 Å². The first kappa shape index (κ1) is 10.2. The van der Waals surface area contributed by atoms with E-state index in [2.05, 4.69) is 21.3 Å². The molecule has 0 aliphatic carbocycles. The van der Waals surface area contributed by atoms with Gasteiger partial charge in [-0.3, -0.25) is 10.1 Å². The Hall–Kier alpha value is -1.29. The molecule has 82 valence electrons. The molecule has 0 bridgehead atoms. The summed E-state index contributed by atoms with van der Waals surface area (Å²) in [6, 6.07) is 4.28. The SMILES string of the molecule is Cn1cccc1C1CNC(=O)C(C)(C)N1. The van der Waals surface area contributed by atoms with Gasteiger partial charge in [-0.1, -0.05) is 0 Å². The molecule has 2 heterocycles. The van der Waals surface area contributed by atoms with Crippen LogP contribution in [0.2, 0.25) is 0 Å². The van der Waals surface area contributed by atoms with Gasteiger partial charge in [-0.25, -0.2) is 0 Å². The van der Waals surface area contributed by atoms with Crippen molar-refractivity contribution in [3.05, 3.63) is 24.0 Å². The van der Waals surface area contributed by atoms with Crippen LogP contribution in [-0.2, 0) is 11.8 Å². The summed E-state index contributed by atoms with van der Waals surface area (Å²) in [5.74, 6) is 0.0629. The highest BCUT2D eigenvalue weighted by molar-refractivity contribution is 5.86. The van der Waals surface area contributed by atoms with Gasteiger partial charge in [0.2, 0.25) is 5.91 Å². The summed E-state index contributed by atoms with van der Waals surface area (Å²) in [5, 5.41) is 6.28. The lowest BCUT2D eigenvalue weighted by molar-refractivity contribution is -0.128. The Kier molecular flexibility index (Phi) is 2.31. The molecule has 4 heteroatoms. The predicted molar refractivity (Wildman–Crippen MR) is 58.4 cm³/mol. The minimum Gasteiger partial charge on any atom is -0.353 e. The van der Waals surface area contributed by atoms with E-state index in [1.165, 1.54) is 5.69 Å². The van der Waals surface area contributed by atoms with Crippen molar-refractivity contribution in [3.63, 3.8) is 0 Å². The highest BCUT2D eigenvalue weighted by Gasteiger charge is 2.35. The van der Waals surface area contributed by atoms with E-state index in [9.17, 15) is 4.79 Å². The van der Waals surface area contributed by atoms with E-state index in [0.29, 0.717) is 6.54 Å². The van der Waals surface area contributed by atoms with Crippen LogP contribution in [0.4, 0.5) is 0 Å². The third-order valence-corrected chi connectivity index (χ3v) is 2.91. The number of nitrogens with zero attached hydrogens (tertiary/aromatic N) is 1. The first-order valence-electron chi connectivity index (χ1n) is 5.18. The summed E-state index contributed by atoms with van der Waals surface area (Å²) in [6.07, 6.45) is 2.01. The number of hydrogen-bond donors (Lipinski definition) is 2. The number of amides is 1. The maximum absolute atomic E-state index is 11.5. The standard InChI is InChI=1S/C11H17N3O/c1-11(2)10(15)12-7-8(13-11)9-5-4-6-14(9)3/h4-6,8,13H,7H2,1-3H3,(H,12,15). The zero-order valence-electron chi connectivity index (χ0n) is 9.37. The van der Waals surface area contributed by atoms with Crippen molar-refractivity contribution < 1.29 is 4.79 Å². The van der Waals surface area contributed by atoms with Crippen molar-refractivity contribution in [2.24, 2.45) is 7.05 Å². The molecule has 1 atom stereocenters. The van der Waals surface area contributed by atoms with Gasteiger partial charge in [-0.2, -0.15) is 0 Å². The lowest BCUT2D eigenvalue weighted by Crippen LogP contribution is -2.61. The molecule has 1 saturated heterocycles. The van der Waals surface area contributed by atoms with E-state index in [1.54, 1.807) is 0 Å². The molecule has 15 heavy (non-hydrogen) atoms. The van der Waals surface area contributed by atoms with Crippen LogP contribution in [-0.4, -0.2) is 22.6 Å². The summed E-state index contributed by atoms with van der Waals surface area (Å²) in [7, 11) is 2.01. The van der Waals surface area contributed by atoms with E-state index in [0.717, 1.165) is 0 Å². The summed E-state index contributed by atoms with van der Waals surface area (Å²) in [5.41, 5.74) is 0.704. The van der Waals surface area contributed by atoms with Gasteiger partial charge in [0.25, 0.3) is 0 Å². The van der Waals surface area contributed by atoms with Crippen LogP contribution in [0.3, 0.4) is 0 Å². The number of aryl methyl sites for hydroxylation is 1. The second-order valence-electron chi connectivity index (χ2n) is 4.58. The normalized spacial score (nSPS) is 25.0. The molecule has 4 nitrogen and oxygen atoms in total. The maximum atomic E-state index is 11.5. The Morgan fingerprint density at radius 3 is 2.80 bits per heavy atom. The molecule has 1 aromatic rings. The minimum absolute atomic E-state index is 0.0629. The Bertz CT molecular complexity index is 381. The third-order valence-electron chi connectivity index (χ3n) is 2.91. The van der Waals surface area contributed by atoms with Gasteiger partial charge < -0.3 is 9.88 Å². The quantitative estimate of drug-likeness (QED) is 0.707. The lowest BCUT2D eigenvalue weighted by atomic mass is 9.98. The number of piperazine rings is 1. The van der Waals surface area contributed by atoms with Gasteiger partial charge >= 0.3 is 0 Å². The second kappa shape index (κ2) is 3.38. The van der Waals surface area contributed by atoms with Crippen LogP contribution >= 0.6 is 0 Å². The molecule has 1 unspecified atom stereocenters. The van der Waals surface area contributed by atoms with E-state index < -0.39 is 5.54 Å². The summed E-state index contributed by atoms with van der Waals surface area (Å²) in [4.78, 5) is 11.5. The molecule has 1 amide bonds. The molecule has 1 aromatic heterocycles. The maximum Gasteiger partial charge on any atom is 0.239 e. The zero-order valence-corrected chi connectivity index (χ0v) is 9.37. The highest BCUT2D eigenvalue weighted by atomic mass is 16.2. The smallest absolute Gasteiger partial charge is 0.239 e. The van der Waals surface area contributed by atoms with Crippen molar-refractivity contribution >= 4 is 5.91 Å². The first-order valence-corrected chi connectivity index (χ1v) is 5.18. The number of rotatable bonds is 1. The number of carbonyl (C=O) groups excluding carboxylic acids is 1. The molecule has 0 saturated carbocycles. The predicted octanol–water partition coefficient (Wildman–Crippen LogP) is 0.564. The van der Waals surface area contributed by atoms with Crippen LogP contribution in [0.15, 0.2) is 18.3 Å². The minimum atomic E-state index is -0.493. The Morgan fingerprint density at radius 1 is 1.53 bits per heavy atom. The summed E-state index contributed by atoms with van der Waals surface area (Å²) in [6.45, 7) is 4.45. The molecular weight excluding hydrogens is 190 g/mol. The van der Waals surface area contributed by atoms with Gasteiger partial charge in [0, 0.05) is 25.5 Å². The average Bonchev–Trinajstić information content (AvgIpc) is 2.56. The Morgan fingerprint density at radius 2 is 2.27 bits per heavy atom. The molecule has 0 radical (unpaired) electrons. The molecule has 2 rings (SSSR count). The number of carbonyl (C=O) groups is 1. The van der Waals surface area contributed by atoms with E-state index in [4.69, 9.17) is 0 Å². The molecule has 1 aliphatic rings. The first-order chi connectivity index (χ1) is 7.00. The monoisotopic (exact) mass is 207 g/mol. The van der Waals surface area contributed by atoms with Crippen LogP contribution < -0.4 is 10.6 Å². The van der Waals surface area contributed by atoms with Crippen molar-refractivity contribution in [3.8, 4) is 0 Å². The van der Waals surface area contributed by atoms with Gasteiger partial charge in [-0.05, 0) is 26.0 Å². The fraction of sp³-hybridized carbons (Fsp3) is 0.545. The summed E-state index contributed by atoms with van der Waals surface area (Å²) < 4.78 is 2.07. The average molecular weight is 207 g/mol. The van der Waals surface area contributed by atoms with Crippen LogP contribution in [0, 0.1) is 0 Å².